The van der Waals surface area contributed by atoms with Gasteiger partial charge < -0.3 is 10.1 Å². The Morgan fingerprint density at radius 1 is 0.964 bits per heavy atom. The summed E-state index contributed by atoms with van der Waals surface area (Å²) < 4.78 is 68.9. The van der Waals surface area contributed by atoms with Crippen molar-refractivity contribution in [1.29, 1.82) is 0 Å². The van der Waals surface area contributed by atoms with Gasteiger partial charge in [0.15, 0.2) is 5.60 Å². The number of benzene rings is 2. The lowest BCUT2D eigenvalue weighted by Gasteiger charge is -2.38. The van der Waals surface area contributed by atoms with Crippen molar-refractivity contribution in [3.8, 4) is 0 Å². The summed E-state index contributed by atoms with van der Waals surface area (Å²) >= 11 is 0. The van der Waals surface area contributed by atoms with Gasteiger partial charge in [0, 0.05) is 17.5 Å². The number of H-pyrrole nitrogens is 1. The second-order valence-corrected chi connectivity index (χ2v) is 7.78. The Hall–Kier alpha value is -2.41. The molecule has 0 aliphatic carbocycles. The summed E-state index contributed by atoms with van der Waals surface area (Å²) in [7, 11) is 0. The Morgan fingerprint density at radius 2 is 1.64 bits per heavy atom. The largest absolute Gasteiger partial charge is 0.417 e. The summed E-state index contributed by atoms with van der Waals surface area (Å²) in [5, 5.41) is 11.0. The summed E-state index contributed by atoms with van der Waals surface area (Å²) in [4.78, 5) is 2.63. The number of hydrogen-bond acceptors (Lipinski definition) is 1. The molecule has 0 amide bonds. The third-order valence-corrected chi connectivity index (χ3v) is 5.01. The lowest BCUT2D eigenvalue weighted by molar-refractivity contribution is -0.266. The van der Waals surface area contributed by atoms with Crippen LogP contribution in [0.1, 0.15) is 31.5 Å². The van der Waals surface area contributed by atoms with Crippen LogP contribution in [-0.4, -0.2) is 21.9 Å². The Kier molecular flexibility index (Phi) is 5.00. The number of aromatic nitrogens is 1. The highest BCUT2D eigenvalue weighted by Crippen LogP contribution is 2.43. The summed E-state index contributed by atoms with van der Waals surface area (Å²) in [6, 6.07) is 10.9. The van der Waals surface area contributed by atoms with Crippen molar-refractivity contribution >= 4 is 10.9 Å². The van der Waals surface area contributed by atoms with Crippen molar-refractivity contribution in [3.05, 3.63) is 71.4 Å². The molecule has 2 aromatic carbocycles. The fourth-order valence-electron chi connectivity index (χ4n) is 3.59. The predicted octanol–water partition coefficient (Wildman–Crippen LogP) is 5.65. The van der Waals surface area contributed by atoms with E-state index in [9.17, 15) is 27.1 Å². The number of para-hydroxylation sites is 1. The van der Waals surface area contributed by atoms with Crippen LogP contribution in [0.5, 0.6) is 0 Å². The second-order valence-electron chi connectivity index (χ2n) is 7.78. The molecule has 0 radical (unpaired) electrons. The fraction of sp³-hybridized carbons (Fsp3) is 0.333. The monoisotopic (exact) mass is 397 g/mol. The molecule has 1 unspecified atom stereocenters. The normalized spacial score (nSPS) is 15.0. The molecular weight excluding hydrogens is 377 g/mol. The molecule has 0 bridgehead atoms. The van der Waals surface area contributed by atoms with Crippen LogP contribution in [0.3, 0.4) is 0 Å². The summed E-state index contributed by atoms with van der Waals surface area (Å²) in [6.07, 6.45) is -6.40. The highest BCUT2D eigenvalue weighted by atomic mass is 19.4. The molecule has 7 heteroatoms. The van der Waals surface area contributed by atoms with E-state index in [0.29, 0.717) is 10.9 Å². The van der Waals surface area contributed by atoms with Crippen LogP contribution >= 0.6 is 0 Å². The topological polar surface area (TPSA) is 36.0 Å². The van der Waals surface area contributed by atoms with Gasteiger partial charge in [0.25, 0.3) is 0 Å². The summed E-state index contributed by atoms with van der Waals surface area (Å²) in [5.41, 5.74) is -3.75. The first kappa shape index (κ1) is 20.3. The highest BCUT2D eigenvalue weighted by molar-refractivity contribution is 5.80. The number of aromatic amines is 1. The fourth-order valence-corrected chi connectivity index (χ4v) is 3.59. The summed E-state index contributed by atoms with van der Waals surface area (Å²) in [5.74, 6) is -1.15. The van der Waals surface area contributed by atoms with E-state index in [1.807, 2.05) is 0 Å². The molecule has 0 fully saturated rings. The average molecular weight is 397 g/mol. The van der Waals surface area contributed by atoms with Gasteiger partial charge in [-0.05, 0) is 41.7 Å². The predicted molar refractivity (Wildman–Crippen MR) is 97.0 cm³/mol. The van der Waals surface area contributed by atoms with E-state index in [2.05, 4.69) is 4.98 Å². The third kappa shape index (κ3) is 3.90. The maximum absolute atomic E-state index is 13.8. The van der Waals surface area contributed by atoms with Gasteiger partial charge in [0.1, 0.15) is 11.6 Å². The van der Waals surface area contributed by atoms with Crippen LogP contribution in [-0.2, 0) is 11.8 Å². The maximum Gasteiger partial charge on any atom is 0.417 e. The van der Waals surface area contributed by atoms with Crippen LogP contribution in [0, 0.1) is 11.6 Å². The van der Waals surface area contributed by atoms with E-state index in [4.69, 9.17) is 0 Å². The van der Waals surface area contributed by atoms with Crippen molar-refractivity contribution in [2.75, 3.05) is 0 Å². The van der Waals surface area contributed by atoms with E-state index in [1.54, 1.807) is 6.07 Å². The van der Waals surface area contributed by atoms with E-state index >= 15 is 0 Å². The SMILES string of the molecule is CC(C)(CC(O)(Cc1cc2cccc(F)c2[nH]1)C(F)(F)F)c1cccc(F)c1. The molecule has 1 heterocycles. The Morgan fingerprint density at radius 3 is 2.25 bits per heavy atom. The van der Waals surface area contributed by atoms with Crippen LogP contribution in [0.15, 0.2) is 48.5 Å². The molecule has 0 spiro atoms. The number of aliphatic hydroxyl groups is 1. The molecule has 1 atom stereocenters. The van der Waals surface area contributed by atoms with E-state index in [0.717, 1.165) is 6.07 Å². The number of rotatable bonds is 5. The number of hydrogen-bond donors (Lipinski definition) is 2. The van der Waals surface area contributed by atoms with Gasteiger partial charge in [-0.1, -0.05) is 38.1 Å². The molecule has 0 saturated heterocycles. The van der Waals surface area contributed by atoms with Gasteiger partial charge in [-0.25, -0.2) is 8.78 Å². The molecule has 28 heavy (non-hydrogen) atoms. The van der Waals surface area contributed by atoms with Crippen molar-refractivity contribution in [3.63, 3.8) is 0 Å². The Labute approximate surface area is 159 Å². The van der Waals surface area contributed by atoms with Crippen molar-refractivity contribution in [1.82, 2.24) is 4.98 Å². The van der Waals surface area contributed by atoms with Crippen LogP contribution in [0.2, 0.25) is 0 Å². The van der Waals surface area contributed by atoms with Gasteiger partial charge in [-0.3, -0.25) is 0 Å². The van der Waals surface area contributed by atoms with Gasteiger partial charge in [-0.2, -0.15) is 13.2 Å². The Bertz CT molecular complexity index is 992. The number of halogens is 5. The molecular formula is C21H20F5NO. The molecule has 0 aliphatic heterocycles. The van der Waals surface area contributed by atoms with E-state index in [-0.39, 0.29) is 11.2 Å². The van der Waals surface area contributed by atoms with Gasteiger partial charge in [-0.15, -0.1) is 0 Å². The maximum atomic E-state index is 13.8. The molecule has 150 valence electrons. The first-order chi connectivity index (χ1) is 12.9. The zero-order chi connectivity index (χ0) is 20.7. The number of alkyl halides is 3. The molecule has 0 saturated carbocycles. The van der Waals surface area contributed by atoms with Gasteiger partial charge >= 0.3 is 6.18 Å². The summed E-state index contributed by atoms with van der Waals surface area (Å²) in [6.45, 7) is 3.03. The zero-order valence-electron chi connectivity index (χ0n) is 15.4. The molecule has 2 nitrogen and oxygen atoms in total. The quantitative estimate of drug-likeness (QED) is 0.536. The average Bonchev–Trinajstić information content (AvgIpc) is 2.97. The molecule has 0 aliphatic rings. The van der Waals surface area contributed by atoms with Gasteiger partial charge in [0.2, 0.25) is 0 Å². The first-order valence-corrected chi connectivity index (χ1v) is 8.73. The van der Waals surface area contributed by atoms with Crippen molar-refractivity contribution in [2.24, 2.45) is 0 Å². The highest BCUT2D eigenvalue weighted by Gasteiger charge is 2.56. The minimum Gasteiger partial charge on any atom is -0.380 e. The van der Waals surface area contributed by atoms with Crippen LogP contribution < -0.4 is 0 Å². The van der Waals surface area contributed by atoms with E-state index < -0.39 is 41.7 Å². The van der Waals surface area contributed by atoms with Crippen LogP contribution in [0.4, 0.5) is 22.0 Å². The molecule has 3 rings (SSSR count). The number of fused-ring (bicyclic) bond motifs is 1. The van der Waals surface area contributed by atoms with E-state index in [1.165, 1.54) is 50.2 Å². The van der Waals surface area contributed by atoms with Crippen LogP contribution in [0.25, 0.3) is 10.9 Å². The lowest BCUT2D eigenvalue weighted by Crippen LogP contribution is -2.50. The first-order valence-electron chi connectivity index (χ1n) is 8.73. The smallest absolute Gasteiger partial charge is 0.380 e. The zero-order valence-corrected chi connectivity index (χ0v) is 15.4. The molecule has 1 aromatic heterocycles. The standard InChI is InChI=1S/C21H20F5NO/c1-19(2,14-6-4-7-15(22)10-14)12-20(28,21(24,25)26)11-16-9-13-5-3-8-17(23)18(13)27-16/h3-10,27-28H,11-12H2,1-2H3. The molecule has 2 N–H and O–H groups in total. The van der Waals surface area contributed by atoms with Crippen molar-refractivity contribution in [2.45, 2.75) is 43.9 Å². The molecule has 3 aromatic rings. The third-order valence-electron chi connectivity index (χ3n) is 5.01. The minimum absolute atomic E-state index is 0.0648. The lowest BCUT2D eigenvalue weighted by atomic mass is 9.73. The van der Waals surface area contributed by atoms with Crippen molar-refractivity contribution < 1.29 is 27.1 Å². The number of nitrogens with one attached hydrogen (secondary N) is 1. The van der Waals surface area contributed by atoms with Gasteiger partial charge in [0.05, 0.1) is 5.52 Å². The second kappa shape index (κ2) is 6.88. The Balaban J connectivity index is 1.97. The minimum atomic E-state index is -4.94.